The van der Waals surface area contributed by atoms with Crippen molar-refractivity contribution in [2.75, 3.05) is 7.11 Å². The average molecular weight is 285 g/mol. The Kier molecular flexibility index (Phi) is 3.20. The molecule has 20 heavy (non-hydrogen) atoms. The van der Waals surface area contributed by atoms with Gasteiger partial charge in [0.25, 0.3) is 11.1 Å². The van der Waals surface area contributed by atoms with Crippen molar-refractivity contribution in [2.24, 2.45) is 0 Å². The fourth-order valence-corrected chi connectivity index (χ4v) is 2.71. The van der Waals surface area contributed by atoms with Crippen LogP contribution in [0.5, 0.6) is 5.75 Å². The summed E-state index contributed by atoms with van der Waals surface area (Å²) in [5.41, 5.74) is 0.884. The molecule has 5 heteroatoms. The van der Waals surface area contributed by atoms with Crippen LogP contribution in [-0.2, 0) is 4.79 Å². The molecule has 0 radical (unpaired) electrons. The Morgan fingerprint density at radius 2 is 1.85 bits per heavy atom. The molecule has 100 valence electrons. The van der Waals surface area contributed by atoms with Gasteiger partial charge in [0.1, 0.15) is 5.75 Å². The second-order valence-corrected chi connectivity index (χ2v) is 5.34. The van der Waals surface area contributed by atoms with Crippen LogP contribution in [0.2, 0.25) is 0 Å². The molecule has 0 saturated carbocycles. The predicted octanol–water partition coefficient (Wildman–Crippen LogP) is 3.17. The smallest absolute Gasteiger partial charge is 0.290 e. The summed E-state index contributed by atoms with van der Waals surface area (Å²) in [6, 6.07) is 11.6. The second-order valence-electron chi connectivity index (χ2n) is 4.32. The molecule has 0 bridgehead atoms. The number of thioether (sulfide) groups is 1. The molecule has 2 aromatic rings. The van der Waals surface area contributed by atoms with E-state index in [0.717, 1.165) is 33.8 Å². The van der Waals surface area contributed by atoms with E-state index in [-0.39, 0.29) is 11.1 Å². The SMILES string of the molecule is COc1ccc2cc(/C=C3/SC(=O)NC3=O)ccc2c1. The highest BCUT2D eigenvalue weighted by atomic mass is 32.2. The second kappa shape index (κ2) is 5.02. The third-order valence-electron chi connectivity index (χ3n) is 3.01. The first-order valence-electron chi connectivity index (χ1n) is 5.98. The summed E-state index contributed by atoms with van der Waals surface area (Å²) in [5, 5.41) is 4.02. The molecule has 1 heterocycles. The minimum absolute atomic E-state index is 0.327. The van der Waals surface area contributed by atoms with Crippen LogP contribution < -0.4 is 10.1 Å². The van der Waals surface area contributed by atoms with Gasteiger partial charge in [-0.2, -0.15) is 0 Å². The maximum Gasteiger partial charge on any atom is 0.290 e. The van der Waals surface area contributed by atoms with Crippen molar-refractivity contribution in [3.05, 3.63) is 46.9 Å². The molecule has 1 aliphatic rings. The molecule has 0 unspecified atom stereocenters. The summed E-state index contributed by atoms with van der Waals surface area (Å²) in [6.07, 6.45) is 1.72. The molecule has 1 fully saturated rings. The Balaban J connectivity index is 1.99. The summed E-state index contributed by atoms with van der Waals surface area (Å²) in [6.45, 7) is 0. The Labute approximate surface area is 119 Å². The van der Waals surface area contributed by atoms with Crippen LogP contribution in [0.15, 0.2) is 41.3 Å². The largest absolute Gasteiger partial charge is 0.497 e. The first-order chi connectivity index (χ1) is 9.65. The van der Waals surface area contributed by atoms with Gasteiger partial charge in [-0.05, 0) is 52.4 Å². The summed E-state index contributed by atoms with van der Waals surface area (Å²) in [5.74, 6) is 0.467. The number of carbonyl (C=O) groups is 2. The van der Waals surface area contributed by atoms with Gasteiger partial charge in [-0.25, -0.2) is 0 Å². The molecule has 2 aromatic carbocycles. The van der Waals surface area contributed by atoms with Gasteiger partial charge >= 0.3 is 0 Å². The van der Waals surface area contributed by atoms with Crippen LogP contribution in [-0.4, -0.2) is 18.3 Å². The van der Waals surface area contributed by atoms with Gasteiger partial charge < -0.3 is 4.74 Å². The standard InChI is InChI=1S/C15H11NO3S/c1-19-12-5-4-10-6-9(2-3-11(10)8-12)7-13-14(17)16-15(18)20-13/h2-8H,1H3,(H,16,17,18)/b13-7+. The number of carbonyl (C=O) groups excluding carboxylic acids is 2. The lowest BCUT2D eigenvalue weighted by molar-refractivity contribution is -0.115. The number of imide groups is 1. The lowest BCUT2D eigenvalue weighted by Gasteiger charge is -2.03. The Morgan fingerprint density at radius 3 is 2.55 bits per heavy atom. The van der Waals surface area contributed by atoms with Gasteiger partial charge in [0, 0.05) is 0 Å². The van der Waals surface area contributed by atoms with E-state index in [0.29, 0.717) is 4.91 Å². The van der Waals surface area contributed by atoms with E-state index >= 15 is 0 Å². The summed E-state index contributed by atoms with van der Waals surface area (Å²) < 4.78 is 5.18. The normalized spacial score (nSPS) is 16.8. The van der Waals surface area contributed by atoms with Crippen molar-refractivity contribution in [3.8, 4) is 5.75 Å². The monoisotopic (exact) mass is 285 g/mol. The predicted molar refractivity (Wildman–Crippen MR) is 79.6 cm³/mol. The summed E-state index contributed by atoms with van der Waals surface area (Å²) in [4.78, 5) is 23.0. The molecule has 4 nitrogen and oxygen atoms in total. The maximum atomic E-state index is 11.5. The topological polar surface area (TPSA) is 55.4 Å². The van der Waals surface area contributed by atoms with Crippen molar-refractivity contribution >= 4 is 39.8 Å². The molecule has 0 aromatic heterocycles. The average Bonchev–Trinajstić information content (AvgIpc) is 2.76. The van der Waals surface area contributed by atoms with Crippen LogP contribution in [0.25, 0.3) is 16.8 Å². The van der Waals surface area contributed by atoms with Gasteiger partial charge in [-0.3, -0.25) is 14.9 Å². The van der Waals surface area contributed by atoms with E-state index in [1.165, 1.54) is 0 Å². The van der Waals surface area contributed by atoms with Crippen LogP contribution in [0, 0.1) is 0 Å². The zero-order valence-electron chi connectivity index (χ0n) is 10.7. The van der Waals surface area contributed by atoms with E-state index in [1.807, 2.05) is 36.4 Å². The van der Waals surface area contributed by atoms with Crippen LogP contribution in [0.4, 0.5) is 4.79 Å². The molecule has 3 rings (SSSR count). The first kappa shape index (κ1) is 12.7. The third-order valence-corrected chi connectivity index (χ3v) is 3.82. The van der Waals surface area contributed by atoms with Crippen molar-refractivity contribution in [1.82, 2.24) is 5.32 Å². The number of hydrogen-bond acceptors (Lipinski definition) is 4. The minimum Gasteiger partial charge on any atom is -0.497 e. The van der Waals surface area contributed by atoms with Crippen LogP contribution in [0.3, 0.4) is 0 Å². The van der Waals surface area contributed by atoms with Gasteiger partial charge in [0.05, 0.1) is 12.0 Å². The number of benzene rings is 2. The molecule has 0 atom stereocenters. The van der Waals surface area contributed by atoms with Gasteiger partial charge in [0.15, 0.2) is 0 Å². The Bertz CT molecular complexity index is 752. The number of methoxy groups -OCH3 is 1. The molecular weight excluding hydrogens is 274 g/mol. The molecule has 2 amide bonds. The molecular formula is C15H11NO3S. The van der Waals surface area contributed by atoms with Gasteiger partial charge in [0.2, 0.25) is 0 Å². The lowest BCUT2D eigenvalue weighted by Crippen LogP contribution is -2.17. The molecule has 0 spiro atoms. The lowest BCUT2D eigenvalue weighted by atomic mass is 10.1. The van der Waals surface area contributed by atoms with Crippen molar-refractivity contribution in [1.29, 1.82) is 0 Å². The van der Waals surface area contributed by atoms with Crippen LogP contribution in [0.1, 0.15) is 5.56 Å². The number of fused-ring (bicyclic) bond motifs is 1. The zero-order chi connectivity index (χ0) is 14.1. The van der Waals surface area contributed by atoms with Crippen molar-refractivity contribution < 1.29 is 14.3 Å². The Morgan fingerprint density at radius 1 is 1.10 bits per heavy atom. The first-order valence-corrected chi connectivity index (χ1v) is 6.80. The van der Waals surface area contributed by atoms with Gasteiger partial charge in [-0.15, -0.1) is 0 Å². The summed E-state index contributed by atoms with van der Waals surface area (Å²) in [7, 11) is 1.63. The highest BCUT2D eigenvalue weighted by Gasteiger charge is 2.24. The highest BCUT2D eigenvalue weighted by Crippen LogP contribution is 2.27. The quantitative estimate of drug-likeness (QED) is 0.861. The summed E-state index contributed by atoms with van der Waals surface area (Å²) >= 11 is 0.921. The molecule has 0 aliphatic carbocycles. The molecule has 1 saturated heterocycles. The number of nitrogens with one attached hydrogen (secondary N) is 1. The zero-order valence-corrected chi connectivity index (χ0v) is 11.5. The molecule has 1 N–H and O–H groups in total. The third kappa shape index (κ3) is 2.40. The van der Waals surface area contributed by atoms with E-state index in [9.17, 15) is 9.59 Å². The van der Waals surface area contributed by atoms with E-state index in [2.05, 4.69) is 5.32 Å². The number of ether oxygens (including phenoxy) is 1. The number of rotatable bonds is 2. The van der Waals surface area contributed by atoms with Crippen LogP contribution >= 0.6 is 11.8 Å². The van der Waals surface area contributed by atoms with Gasteiger partial charge in [-0.1, -0.05) is 18.2 Å². The number of amides is 2. The fraction of sp³-hybridized carbons (Fsp3) is 0.0667. The van der Waals surface area contributed by atoms with Crippen molar-refractivity contribution in [2.45, 2.75) is 0 Å². The molecule has 1 aliphatic heterocycles. The van der Waals surface area contributed by atoms with Crippen molar-refractivity contribution in [3.63, 3.8) is 0 Å². The Hall–Kier alpha value is -2.27. The van der Waals surface area contributed by atoms with E-state index in [4.69, 9.17) is 4.74 Å². The fourth-order valence-electron chi connectivity index (χ4n) is 2.03. The number of hydrogen-bond donors (Lipinski definition) is 1. The minimum atomic E-state index is -0.338. The van der Waals surface area contributed by atoms with E-state index in [1.54, 1.807) is 13.2 Å². The maximum absolute atomic E-state index is 11.5. The highest BCUT2D eigenvalue weighted by molar-refractivity contribution is 8.18. The van der Waals surface area contributed by atoms with E-state index < -0.39 is 0 Å².